The predicted molar refractivity (Wildman–Crippen MR) is 91.3 cm³/mol. The maximum Gasteiger partial charge on any atom is 0.249 e. The molecule has 3 aromatic heterocycles. The first-order chi connectivity index (χ1) is 12.2. The zero-order valence-corrected chi connectivity index (χ0v) is 13.8. The highest BCUT2D eigenvalue weighted by atomic mass is 16.2. The number of hydrogen-bond donors (Lipinski definition) is 1. The smallest absolute Gasteiger partial charge is 0.249 e. The Kier molecular flexibility index (Phi) is 3.60. The van der Waals surface area contributed by atoms with Crippen molar-refractivity contribution in [2.75, 3.05) is 17.3 Å². The lowest BCUT2D eigenvalue weighted by Gasteiger charge is -2.31. The second-order valence-electron chi connectivity index (χ2n) is 5.65. The van der Waals surface area contributed by atoms with E-state index in [2.05, 4.69) is 30.2 Å². The molecule has 25 heavy (non-hydrogen) atoms. The highest BCUT2D eigenvalue weighted by Gasteiger charge is 2.30. The van der Waals surface area contributed by atoms with E-state index in [1.807, 2.05) is 6.92 Å². The molecule has 1 amide bonds. The van der Waals surface area contributed by atoms with Crippen molar-refractivity contribution in [1.82, 2.24) is 29.5 Å². The molecular formula is C16H16N8O. The van der Waals surface area contributed by atoms with Gasteiger partial charge in [0.1, 0.15) is 23.9 Å². The van der Waals surface area contributed by atoms with Crippen LogP contribution in [-0.2, 0) is 4.79 Å². The number of nitrogens with one attached hydrogen (secondary N) is 1. The molecule has 9 nitrogen and oxygen atoms in total. The van der Waals surface area contributed by atoms with Crippen molar-refractivity contribution in [2.45, 2.75) is 19.4 Å². The number of anilines is 2. The van der Waals surface area contributed by atoms with Gasteiger partial charge in [0.05, 0.1) is 11.8 Å². The van der Waals surface area contributed by atoms with Crippen LogP contribution in [0, 0.1) is 0 Å². The summed E-state index contributed by atoms with van der Waals surface area (Å²) in [5.41, 5.74) is 1.42. The Hall–Kier alpha value is -3.36. The number of aromatic nitrogens is 6. The maximum absolute atomic E-state index is 12.3. The number of carbonyl (C=O) groups is 1. The first-order valence-electron chi connectivity index (χ1n) is 7.89. The Bertz CT molecular complexity index is 923. The van der Waals surface area contributed by atoms with Crippen LogP contribution in [0.25, 0.3) is 17.3 Å². The van der Waals surface area contributed by atoms with Crippen molar-refractivity contribution >= 4 is 17.4 Å². The van der Waals surface area contributed by atoms with Crippen molar-refractivity contribution in [2.24, 2.45) is 0 Å². The lowest BCUT2D eigenvalue weighted by molar-refractivity contribution is -0.119. The largest absolute Gasteiger partial charge is 0.356 e. The van der Waals surface area contributed by atoms with E-state index in [1.165, 1.54) is 6.33 Å². The summed E-state index contributed by atoms with van der Waals surface area (Å²) in [6.45, 7) is 1.96. The molecule has 0 spiro atoms. The van der Waals surface area contributed by atoms with E-state index in [1.54, 1.807) is 47.5 Å². The minimum atomic E-state index is -0.287. The lowest BCUT2D eigenvalue weighted by atomic mass is 10.1. The van der Waals surface area contributed by atoms with E-state index < -0.39 is 0 Å². The first kappa shape index (κ1) is 15.2. The van der Waals surface area contributed by atoms with E-state index in [0.717, 1.165) is 5.56 Å². The monoisotopic (exact) mass is 336 g/mol. The van der Waals surface area contributed by atoms with Crippen LogP contribution in [-0.4, -0.2) is 48.5 Å². The van der Waals surface area contributed by atoms with E-state index in [0.29, 0.717) is 29.7 Å². The fourth-order valence-electron chi connectivity index (χ4n) is 2.78. The summed E-state index contributed by atoms with van der Waals surface area (Å²) >= 11 is 0. The van der Waals surface area contributed by atoms with Crippen LogP contribution < -0.4 is 10.2 Å². The van der Waals surface area contributed by atoms with E-state index in [-0.39, 0.29) is 11.9 Å². The number of carbonyl (C=O) groups excluding carboxylic acids is 1. The van der Waals surface area contributed by atoms with Gasteiger partial charge in [0.2, 0.25) is 11.9 Å². The normalized spacial score (nSPS) is 16.5. The molecule has 0 saturated carbocycles. The van der Waals surface area contributed by atoms with Crippen LogP contribution >= 0.6 is 0 Å². The van der Waals surface area contributed by atoms with Gasteiger partial charge in [0.15, 0.2) is 5.82 Å². The summed E-state index contributed by atoms with van der Waals surface area (Å²) < 4.78 is 1.76. The number of fused-ring (bicyclic) bond motifs is 1. The van der Waals surface area contributed by atoms with Gasteiger partial charge in [-0.3, -0.25) is 9.36 Å². The standard InChI is InChI=1S/C16H16N8O/c1-3-11-15(25)23(2)12-8-20-16(22-13(12)21-11)24-5-4-19-14(24)10-6-17-9-18-7-10/h4-9,11H,3H2,1-2H3,(H,20,21,22)/t11-/m0/s1. The Labute approximate surface area is 143 Å². The molecule has 1 aliphatic rings. The van der Waals surface area contributed by atoms with Gasteiger partial charge in [-0.1, -0.05) is 6.92 Å². The van der Waals surface area contributed by atoms with Gasteiger partial charge < -0.3 is 10.2 Å². The molecule has 0 aliphatic carbocycles. The number of hydrogen-bond acceptors (Lipinski definition) is 7. The minimum absolute atomic E-state index is 0.0103. The number of rotatable bonds is 3. The Morgan fingerprint density at radius 2 is 2.00 bits per heavy atom. The van der Waals surface area contributed by atoms with E-state index in [4.69, 9.17) is 0 Å². The van der Waals surface area contributed by atoms with E-state index >= 15 is 0 Å². The van der Waals surface area contributed by atoms with Gasteiger partial charge in [-0.2, -0.15) is 4.98 Å². The fraction of sp³-hybridized carbons (Fsp3) is 0.250. The van der Waals surface area contributed by atoms with Crippen molar-refractivity contribution in [3.63, 3.8) is 0 Å². The molecule has 1 atom stereocenters. The molecule has 9 heteroatoms. The zero-order valence-electron chi connectivity index (χ0n) is 13.8. The van der Waals surface area contributed by atoms with Crippen LogP contribution in [0.3, 0.4) is 0 Å². The number of imidazole rings is 1. The van der Waals surface area contributed by atoms with Crippen molar-refractivity contribution in [3.8, 4) is 17.3 Å². The van der Waals surface area contributed by atoms with Crippen molar-refractivity contribution in [1.29, 1.82) is 0 Å². The number of amides is 1. The zero-order chi connectivity index (χ0) is 17.4. The second kappa shape index (κ2) is 5.93. The molecule has 0 bridgehead atoms. The van der Waals surface area contributed by atoms with Gasteiger partial charge in [0, 0.05) is 31.8 Å². The molecule has 0 saturated heterocycles. The quantitative estimate of drug-likeness (QED) is 0.769. The van der Waals surface area contributed by atoms with E-state index in [9.17, 15) is 4.79 Å². The third-order valence-corrected chi connectivity index (χ3v) is 4.14. The van der Waals surface area contributed by atoms with Crippen LogP contribution in [0.1, 0.15) is 13.3 Å². The van der Waals surface area contributed by atoms with Crippen molar-refractivity contribution < 1.29 is 4.79 Å². The van der Waals surface area contributed by atoms with Gasteiger partial charge in [-0.25, -0.2) is 19.9 Å². The highest BCUT2D eigenvalue weighted by Crippen LogP contribution is 2.30. The molecule has 4 heterocycles. The molecule has 1 aliphatic heterocycles. The van der Waals surface area contributed by atoms with Gasteiger partial charge >= 0.3 is 0 Å². The Morgan fingerprint density at radius 3 is 2.76 bits per heavy atom. The van der Waals surface area contributed by atoms with Crippen LogP contribution in [0.2, 0.25) is 0 Å². The maximum atomic E-state index is 12.3. The minimum Gasteiger partial charge on any atom is -0.356 e. The van der Waals surface area contributed by atoms with Crippen LogP contribution in [0.4, 0.5) is 11.5 Å². The average molecular weight is 336 g/mol. The van der Waals surface area contributed by atoms with Crippen LogP contribution in [0.5, 0.6) is 0 Å². The molecule has 0 fully saturated rings. The van der Waals surface area contributed by atoms with Gasteiger partial charge in [-0.15, -0.1) is 0 Å². The Morgan fingerprint density at radius 1 is 1.20 bits per heavy atom. The number of nitrogens with zero attached hydrogens (tertiary/aromatic N) is 7. The lowest BCUT2D eigenvalue weighted by Crippen LogP contribution is -2.45. The molecular weight excluding hydrogens is 320 g/mol. The summed E-state index contributed by atoms with van der Waals surface area (Å²) in [4.78, 5) is 35.2. The molecule has 0 unspecified atom stereocenters. The molecule has 0 radical (unpaired) electrons. The predicted octanol–water partition coefficient (Wildman–Crippen LogP) is 1.29. The topological polar surface area (TPSA) is 102 Å². The third kappa shape index (κ3) is 2.49. The SMILES string of the molecule is CC[C@@H]1Nc2nc(-n3ccnc3-c3cncnc3)ncc2N(C)C1=O. The second-order valence-corrected chi connectivity index (χ2v) is 5.65. The molecule has 3 aromatic rings. The molecule has 126 valence electrons. The van der Waals surface area contributed by atoms with Gasteiger partial charge in [0.25, 0.3) is 0 Å². The van der Waals surface area contributed by atoms with Crippen LogP contribution in [0.15, 0.2) is 37.3 Å². The first-order valence-corrected chi connectivity index (χ1v) is 7.89. The third-order valence-electron chi connectivity index (χ3n) is 4.14. The van der Waals surface area contributed by atoms with Gasteiger partial charge in [-0.05, 0) is 6.42 Å². The summed E-state index contributed by atoms with van der Waals surface area (Å²) in [7, 11) is 1.73. The average Bonchev–Trinajstić information content (AvgIpc) is 3.15. The molecule has 0 aromatic carbocycles. The highest BCUT2D eigenvalue weighted by molar-refractivity contribution is 6.03. The Balaban J connectivity index is 1.78. The fourth-order valence-corrected chi connectivity index (χ4v) is 2.78. The summed E-state index contributed by atoms with van der Waals surface area (Å²) in [5, 5.41) is 3.19. The number of likely N-dealkylation sites (N-methyl/N-ethyl adjacent to an activating group) is 1. The summed E-state index contributed by atoms with van der Waals surface area (Å²) in [6.07, 6.45) is 10.6. The van der Waals surface area contributed by atoms with Crippen molar-refractivity contribution in [3.05, 3.63) is 37.3 Å². The summed E-state index contributed by atoms with van der Waals surface area (Å²) in [5.74, 6) is 1.74. The molecule has 1 N–H and O–H groups in total. The summed E-state index contributed by atoms with van der Waals surface area (Å²) in [6, 6.07) is -0.287. The molecule has 4 rings (SSSR count).